The Morgan fingerprint density at radius 1 is 1.13 bits per heavy atom. The summed E-state index contributed by atoms with van der Waals surface area (Å²) in [6, 6.07) is 0.0551. The van der Waals surface area contributed by atoms with Crippen molar-refractivity contribution in [2.45, 2.75) is 44.3 Å². The zero-order valence-corrected chi connectivity index (χ0v) is 13.2. The molecule has 3 fully saturated rings. The summed E-state index contributed by atoms with van der Waals surface area (Å²) in [6.45, 7) is -0.147. The van der Waals surface area contributed by atoms with Crippen LogP contribution in [0.2, 0.25) is 0 Å². The molecule has 1 saturated heterocycles. The van der Waals surface area contributed by atoms with Crippen molar-refractivity contribution in [2.75, 3.05) is 26.2 Å². The summed E-state index contributed by atoms with van der Waals surface area (Å²) < 4.78 is 37.2. The van der Waals surface area contributed by atoms with Crippen LogP contribution in [0, 0.1) is 23.7 Å². The van der Waals surface area contributed by atoms with Crippen molar-refractivity contribution in [1.29, 1.82) is 0 Å². The zero-order chi connectivity index (χ0) is 16.6. The molecule has 0 radical (unpaired) electrons. The van der Waals surface area contributed by atoms with Gasteiger partial charge < -0.3 is 10.4 Å². The molecule has 23 heavy (non-hydrogen) atoms. The fourth-order valence-corrected chi connectivity index (χ4v) is 4.79. The standard InChI is InChI=1S/C16H25F3N2O2/c17-16(18,19)9-21-5-3-10(4-6-21)15(23)20-14-12-2-1-11(7-12)13(14)8-22/h10-14,22H,1-9H2,(H,20,23)/t11-,12-,13-,14+/m0/s1. The Hall–Kier alpha value is -0.820. The second-order valence-electron chi connectivity index (χ2n) is 7.38. The molecule has 1 amide bonds. The summed E-state index contributed by atoms with van der Waals surface area (Å²) in [6.07, 6.45) is 0.111. The van der Waals surface area contributed by atoms with E-state index < -0.39 is 12.7 Å². The van der Waals surface area contributed by atoms with Crippen molar-refractivity contribution < 1.29 is 23.1 Å². The van der Waals surface area contributed by atoms with E-state index in [1.807, 2.05) is 0 Å². The molecular weight excluding hydrogens is 309 g/mol. The van der Waals surface area contributed by atoms with Gasteiger partial charge in [0.1, 0.15) is 0 Å². The molecule has 2 aliphatic carbocycles. The van der Waals surface area contributed by atoms with Gasteiger partial charge in [-0.05, 0) is 57.0 Å². The molecule has 2 bridgehead atoms. The predicted molar refractivity (Wildman–Crippen MR) is 78.6 cm³/mol. The van der Waals surface area contributed by atoms with Crippen LogP contribution in [-0.2, 0) is 4.79 Å². The molecule has 1 aliphatic heterocycles. The van der Waals surface area contributed by atoms with E-state index in [9.17, 15) is 23.1 Å². The lowest BCUT2D eigenvalue weighted by Crippen LogP contribution is -2.49. The van der Waals surface area contributed by atoms with Gasteiger partial charge in [0.2, 0.25) is 5.91 Å². The predicted octanol–water partition coefficient (Wildman–Crippen LogP) is 1.78. The van der Waals surface area contributed by atoms with Gasteiger partial charge in [-0.15, -0.1) is 0 Å². The highest BCUT2D eigenvalue weighted by atomic mass is 19.4. The van der Waals surface area contributed by atoms with Gasteiger partial charge in [0.05, 0.1) is 6.54 Å². The van der Waals surface area contributed by atoms with Crippen LogP contribution >= 0.6 is 0 Å². The molecule has 3 aliphatic rings. The number of aliphatic hydroxyl groups excluding tert-OH is 1. The third kappa shape index (κ3) is 3.82. The smallest absolute Gasteiger partial charge is 0.396 e. The lowest BCUT2D eigenvalue weighted by Gasteiger charge is -2.35. The Morgan fingerprint density at radius 2 is 1.78 bits per heavy atom. The van der Waals surface area contributed by atoms with E-state index in [1.54, 1.807) is 0 Å². The van der Waals surface area contributed by atoms with Gasteiger partial charge in [-0.2, -0.15) is 13.2 Å². The number of hydrogen-bond donors (Lipinski definition) is 2. The average Bonchev–Trinajstić information content (AvgIpc) is 3.07. The second kappa shape index (κ2) is 6.59. The summed E-state index contributed by atoms with van der Waals surface area (Å²) in [5.41, 5.74) is 0. The Bertz CT molecular complexity index is 436. The number of piperidine rings is 1. The van der Waals surface area contributed by atoms with E-state index in [-0.39, 0.29) is 30.4 Å². The molecule has 0 unspecified atom stereocenters. The normalized spacial score (nSPS) is 35.7. The maximum atomic E-state index is 12.5. The molecule has 2 N–H and O–H groups in total. The lowest BCUT2D eigenvalue weighted by molar-refractivity contribution is -0.149. The first kappa shape index (κ1) is 17.0. The highest BCUT2D eigenvalue weighted by Gasteiger charge is 2.48. The van der Waals surface area contributed by atoms with Gasteiger partial charge in [-0.25, -0.2) is 0 Å². The van der Waals surface area contributed by atoms with Gasteiger partial charge in [0, 0.05) is 24.5 Å². The Kier molecular flexibility index (Phi) is 4.88. The van der Waals surface area contributed by atoms with E-state index in [1.165, 1.54) is 4.90 Å². The highest BCUT2D eigenvalue weighted by molar-refractivity contribution is 5.79. The summed E-state index contributed by atoms with van der Waals surface area (Å²) >= 11 is 0. The fourth-order valence-electron chi connectivity index (χ4n) is 4.79. The largest absolute Gasteiger partial charge is 0.401 e. The number of aliphatic hydroxyl groups is 1. The summed E-state index contributed by atoms with van der Waals surface area (Å²) in [7, 11) is 0. The number of hydrogen-bond acceptors (Lipinski definition) is 3. The maximum Gasteiger partial charge on any atom is 0.401 e. The van der Waals surface area contributed by atoms with E-state index in [4.69, 9.17) is 0 Å². The van der Waals surface area contributed by atoms with E-state index >= 15 is 0 Å². The van der Waals surface area contributed by atoms with Crippen molar-refractivity contribution in [1.82, 2.24) is 10.2 Å². The van der Waals surface area contributed by atoms with Crippen LogP contribution in [-0.4, -0.2) is 54.4 Å². The first-order chi connectivity index (χ1) is 10.9. The number of alkyl halides is 3. The van der Waals surface area contributed by atoms with Gasteiger partial charge >= 0.3 is 6.18 Å². The minimum atomic E-state index is -4.17. The average molecular weight is 334 g/mol. The van der Waals surface area contributed by atoms with Crippen LogP contribution < -0.4 is 5.32 Å². The maximum absolute atomic E-state index is 12.5. The topological polar surface area (TPSA) is 52.6 Å². The number of amides is 1. The van der Waals surface area contributed by atoms with Crippen LogP contribution in [0.15, 0.2) is 0 Å². The van der Waals surface area contributed by atoms with Crippen LogP contribution in [0.5, 0.6) is 0 Å². The molecule has 2 saturated carbocycles. The molecule has 1 heterocycles. The summed E-state index contributed by atoms with van der Waals surface area (Å²) in [5, 5.41) is 12.7. The monoisotopic (exact) mass is 334 g/mol. The van der Waals surface area contributed by atoms with E-state index in [2.05, 4.69) is 5.32 Å². The van der Waals surface area contributed by atoms with E-state index in [0.717, 1.165) is 19.3 Å². The fraction of sp³-hybridized carbons (Fsp3) is 0.938. The molecule has 0 aromatic carbocycles. The van der Waals surface area contributed by atoms with Crippen molar-refractivity contribution in [3.8, 4) is 0 Å². The zero-order valence-electron chi connectivity index (χ0n) is 13.2. The number of carbonyl (C=O) groups is 1. The van der Waals surface area contributed by atoms with E-state index in [0.29, 0.717) is 37.8 Å². The number of carbonyl (C=O) groups excluding carboxylic acids is 1. The number of fused-ring (bicyclic) bond motifs is 2. The van der Waals surface area contributed by atoms with Crippen LogP contribution in [0.25, 0.3) is 0 Å². The van der Waals surface area contributed by atoms with Gasteiger partial charge in [-0.1, -0.05) is 0 Å². The summed E-state index contributed by atoms with van der Waals surface area (Å²) in [5.74, 6) is 0.906. The van der Waals surface area contributed by atoms with Crippen molar-refractivity contribution in [2.24, 2.45) is 23.7 Å². The molecule has 0 spiro atoms. The molecule has 4 atom stereocenters. The Labute approximate surface area is 134 Å². The Balaban J connectivity index is 1.48. The van der Waals surface area contributed by atoms with Crippen molar-refractivity contribution in [3.05, 3.63) is 0 Å². The van der Waals surface area contributed by atoms with Crippen molar-refractivity contribution >= 4 is 5.91 Å². The van der Waals surface area contributed by atoms with Crippen molar-refractivity contribution in [3.63, 3.8) is 0 Å². The van der Waals surface area contributed by atoms with Gasteiger partial charge in [-0.3, -0.25) is 9.69 Å². The third-order valence-electron chi connectivity index (χ3n) is 5.97. The molecule has 0 aromatic heterocycles. The van der Waals surface area contributed by atoms with Crippen LogP contribution in [0.4, 0.5) is 13.2 Å². The molecule has 7 heteroatoms. The molecule has 3 rings (SSSR count). The molecule has 0 aromatic rings. The quantitative estimate of drug-likeness (QED) is 0.824. The third-order valence-corrected chi connectivity index (χ3v) is 5.97. The highest BCUT2D eigenvalue weighted by Crippen LogP contribution is 2.48. The lowest BCUT2D eigenvalue weighted by atomic mass is 9.84. The first-order valence-electron chi connectivity index (χ1n) is 8.57. The first-order valence-corrected chi connectivity index (χ1v) is 8.57. The Morgan fingerprint density at radius 3 is 2.39 bits per heavy atom. The number of nitrogens with one attached hydrogen (secondary N) is 1. The van der Waals surface area contributed by atoms with Gasteiger partial charge in [0.25, 0.3) is 0 Å². The SMILES string of the molecule is O=C(N[C@@H]1[C@H]2CC[C@@H](C2)[C@@H]1CO)C1CCN(CC(F)(F)F)CC1. The van der Waals surface area contributed by atoms with Gasteiger partial charge in [0.15, 0.2) is 0 Å². The number of likely N-dealkylation sites (tertiary alicyclic amines) is 1. The molecule has 132 valence electrons. The number of rotatable bonds is 4. The molecular formula is C16H25F3N2O2. The van der Waals surface area contributed by atoms with Crippen LogP contribution in [0.1, 0.15) is 32.1 Å². The minimum absolute atomic E-state index is 0.0346. The number of nitrogens with zero attached hydrogens (tertiary/aromatic N) is 1. The minimum Gasteiger partial charge on any atom is -0.396 e. The number of halogens is 3. The second-order valence-corrected chi connectivity index (χ2v) is 7.38. The van der Waals surface area contributed by atoms with Crippen LogP contribution in [0.3, 0.4) is 0 Å². The molecule has 4 nitrogen and oxygen atoms in total. The summed E-state index contributed by atoms with van der Waals surface area (Å²) in [4.78, 5) is 13.8.